The number of nitrogens with zero attached hydrogens (tertiary/aromatic N) is 3. The van der Waals surface area contributed by atoms with E-state index in [1.54, 1.807) is 0 Å². The number of anilines is 4. The first-order chi connectivity index (χ1) is 13.0. The molecule has 0 atom stereocenters. The third kappa shape index (κ3) is 8.03. The molecule has 7 N–H and O–H groups in total. The standard InChI is InChI=1S/C15H20N8O4.2Na/c16-4-6-18-13-21-14(19-7-5-17)23-15(22-13)20-10-8(11(24)25)2-1-3-9(10)12(26)27;;/h1-3H,4-7,16-17H2,(H,24,25)(H,26,27)(H3,18,19,20,21,22,23);;/q;2*+1/p-2. The van der Waals surface area contributed by atoms with E-state index in [9.17, 15) is 19.8 Å². The van der Waals surface area contributed by atoms with E-state index in [-0.39, 0.29) is 93.8 Å². The average molecular weight is 420 g/mol. The quantitative estimate of drug-likeness (QED) is 0.227. The van der Waals surface area contributed by atoms with E-state index in [4.69, 9.17) is 11.5 Å². The van der Waals surface area contributed by atoms with Gasteiger partial charge in [0.05, 0.1) is 17.6 Å². The monoisotopic (exact) mass is 420 g/mol. The van der Waals surface area contributed by atoms with Crippen LogP contribution in [0.4, 0.5) is 23.5 Å². The Morgan fingerprint density at radius 3 is 1.62 bits per heavy atom. The van der Waals surface area contributed by atoms with Gasteiger partial charge in [-0.2, -0.15) is 15.0 Å². The third-order valence-corrected chi connectivity index (χ3v) is 3.23. The largest absolute Gasteiger partial charge is 1.00 e. The molecule has 0 aliphatic heterocycles. The van der Waals surface area contributed by atoms with Gasteiger partial charge in [-0.15, -0.1) is 0 Å². The van der Waals surface area contributed by atoms with Crippen molar-refractivity contribution < 1.29 is 78.9 Å². The Bertz CT molecular complexity index is 781. The van der Waals surface area contributed by atoms with Crippen LogP contribution in [0, 0.1) is 0 Å². The summed E-state index contributed by atoms with van der Waals surface area (Å²) in [6.07, 6.45) is 0. The van der Waals surface area contributed by atoms with Crippen molar-refractivity contribution in [2.45, 2.75) is 0 Å². The Balaban J connectivity index is 0.00000392. The zero-order valence-electron chi connectivity index (χ0n) is 16.2. The van der Waals surface area contributed by atoms with Crippen LogP contribution in [0.5, 0.6) is 0 Å². The Kier molecular flexibility index (Phi) is 13.0. The van der Waals surface area contributed by atoms with E-state index in [0.717, 1.165) is 0 Å². The van der Waals surface area contributed by atoms with Gasteiger partial charge in [0.25, 0.3) is 0 Å². The summed E-state index contributed by atoms with van der Waals surface area (Å²) in [7, 11) is 0. The number of carboxylic acids is 2. The number of para-hydroxylation sites is 1. The van der Waals surface area contributed by atoms with Gasteiger partial charge in [-0.1, -0.05) is 18.2 Å². The maximum Gasteiger partial charge on any atom is 1.00 e. The summed E-state index contributed by atoms with van der Waals surface area (Å²) >= 11 is 0. The molecule has 0 amide bonds. The number of aromatic carboxylic acids is 2. The number of aromatic nitrogens is 3. The van der Waals surface area contributed by atoms with Gasteiger partial charge in [0.2, 0.25) is 17.8 Å². The number of carbonyl (C=O) groups excluding carboxylic acids is 2. The molecule has 0 saturated carbocycles. The topological polar surface area (TPSA) is 207 Å². The molecule has 144 valence electrons. The summed E-state index contributed by atoms with van der Waals surface area (Å²) in [5.41, 5.74) is 9.84. The van der Waals surface area contributed by atoms with Crippen LogP contribution in [-0.2, 0) is 0 Å². The smallest absolute Gasteiger partial charge is 0.545 e. The van der Waals surface area contributed by atoms with Gasteiger partial charge >= 0.3 is 59.1 Å². The fourth-order valence-electron chi connectivity index (χ4n) is 2.10. The molecule has 2 aromatic rings. The minimum Gasteiger partial charge on any atom is -0.545 e. The van der Waals surface area contributed by atoms with Gasteiger partial charge < -0.3 is 47.2 Å². The van der Waals surface area contributed by atoms with Crippen LogP contribution < -0.4 is 96.7 Å². The van der Waals surface area contributed by atoms with Crippen molar-refractivity contribution in [2.75, 3.05) is 42.1 Å². The van der Waals surface area contributed by atoms with E-state index in [1.165, 1.54) is 18.2 Å². The second-order valence-electron chi connectivity index (χ2n) is 5.17. The van der Waals surface area contributed by atoms with Gasteiger partial charge in [-0.05, 0) is 0 Å². The third-order valence-electron chi connectivity index (χ3n) is 3.23. The predicted molar refractivity (Wildman–Crippen MR) is 93.3 cm³/mol. The molecule has 0 spiro atoms. The zero-order chi connectivity index (χ0) is 19.8. The van der Waals surface area contributed by atoms with Crippen molar-refractivity contribution in [3.8, 4) is 0 Å². The Hall–Kier alpha value is -1.51. The molecule has 1 aromatic carbocycles. The van der Waals surface area contributed by atoms with Gasteiger partial charge in [-0.25, -0.2) is 0 Å². The number of benzene rings is 1. The molecule has 12 nitrogen and oxygen atoms in total. The van der Waals surface area contributed by atoms with E-state index >= 15 is 0 Å². The minimum absolute atomic E-state index is 0. The fraction of sp³-hybridized carbons (Fsp3) is 0.267. The van der Waals surface area contributed by atoms with Crippen LogP contribution in [0.1, 0.15) is 20.7 Å². The van der Waals surface area contributed by atoms with E-state index < -0.39 is 11.9 Å². The Morgan fingerprint density at radius 1 is 0.828 bits per heavy atom. The van der Waals surface area contributed by atoms with Gasteiger partial charge in [-0.3, -0.25) is 0 Å². The average Bonchev–Trinajstić information content (AvgIpc) is 2.64. The fourth-order valence-corrected chi connectivity index (χ4v) is 2.10. The normalized spacial score (nSPS) is 9.59. The Morgan fingerprint density at radius 2 is 1.24 bits per heavy atom. The van der Waals surface area contributed by atoms with E-state index in [1.807, 2.05) is 0 Å². The molecule has 0 fully saturated rings. The second kappa shape index (κ2) is 13.7. The van der Waals surface area contributed by atoms with Crippen LogP contribution >= 0.6 is 0 Å². The number of nitrogens with two attached hydrogens (primary N) is 2. The molecular formula is C15H18N8Na2O4. The predicted octanol–water partition coefficient (Wildman–Crippen LogP) is -8.91. The summed E-state index contributed by atoms with van der Waals surface area (Å²) in [6.45, 7) is 1.39. The van der Waals surface area contributed by atoms with Gasteiger partial charge in [0.15, 0.2) is 0 Å². The summed E-state index contributed by atoms with van der Waals surface area (Å²) in [5, 5.41) is 31.0. The van der Waals surface area contributed by atoms with Crippen LogP contribution in [0.25, 0.3) is 0 Å². The van der Waals surface area contributed by atoms with Crippen molar-refractivity contribution in [1.29, 1.82) is 0 Å². The van der Waals surface area contributed by atoms with Crippen LogP contribution in [-0.4, -0.2) is 53.1 Å². The van der Waals surface area contributed by atoms with E-state index in [0.29, 0.717) is 26.2 Å². The summed E-state index contributed by atoms with van der Waals surface area (Å²) in [5.74, 6) is -2.94. The van der Waals surface area contributed by atoms with Crippen LogP contribution in [0.2, 0.25) is 0 Å². The first-order valence-electron chi connectivity index (χ1n) is 7.93. The maximum atomic E-state index is 11.3. The molecule has 0 radical (unpaired) electrons. The molecule has 0 saturated heterocycles. The molecule has 1 heterocycles. The minimum atomic E-state index is -1.57. The number of hydrogen-bond acceptors (Lipinski definition) is 12. The van der Waals surface area contributed by atoms with Crippen molar-refractivity contribution in [2.24, 2.45) is 11.5 Å². The molecule has 2 rings (SSSR count). The van der Waals surface area contributed by atoms with Gasteiger partial charge in [0.1, 0.15) is 0 Å². The van der Waals surface area contributed by atoms with Crippen LogP contribution in [0.3, 0.4) is 0 Å². The van der Waals surface area contributed by atoms with Crippen molar-refractivity contribution >= 4 is 35.5 Å². The molecule has 0 aliphatic rings. The van der Waals surface area contributed by atoms with Gasteiger partial charge in [0, 0.05) is 37.3 Å². The molecule has 0 bridgehead atoms. The van der Waals surface area contributed by atoms with Crippen LogP contribution in [0.15, 0.2) is 18.2 Å². The number of rotatable bonds is 10. The molecule has 0 aliphatic carbocycles. The number of nitrogens with one attached hydrogen (secondary N) is 3. The molecule has 29 heavy (non-hydrogen) atoms. The SMILES string of the molecule is NCCNc1nc(NCCN)nc(Nc2c(C(=O)[O-])cccc2C(=O)[O-])n1.[Na+].[Na+]. The molecular weight excluding hydrogens is 402 g/mol. The molecule has 14 heteroatoms. The number of carboxylic acid groups (broad SMARTS) is 2. The second-order valence-corrected chi connectivity index (χ2v) is 5.17. The van der Waals surface area contributed by atoms with Crippen molar-refractivity contribution in [3.05, 3.63) is 29.3 Å². The molecule has 1 aromatic heterocycles. The number of hydrogen-bond donors (Lipinski definition) is 5. The van der Waals surface area contributed by atoms with E-state index in [2.05, 4.69) is 30.9 Å². The van der Waals surface area contributed by atoms with Crippen molar-refractivity contribution in [1.82, 2.24) is 15.0 Å². The molecule has 0 unspecified atom stereocenters. The number of carbonyl (C=O) groups is 2. The first-order valence-corrected chi connectivity index (χ1v) is 7.93. The first kappa shape index (κ1) is 27.5. The summed E-state index contributed by atoms with van der Waals surface area (Å²) in [4.78, 5) is 34.9. The summed E-state index contributed by atoms with van der Waals surface area (Å²) < 4.78 is 0. The van der Waals surface area contributed by atoms with Crippen molar-refractivity contribution in [3.63, 3.8) is 0 Å². The zero-order valence-corrected chi connectivity index (χ0v) is 20.2. The summed E-state index contributed by atoms with van der Waals surface area (Å²) in [6, 6.07) is 3.64. The Labute approximate surface area is 210 Å². The maximum absolute atomic E-state index is 11.3.